The van der Waals surface area contributed by atoms with Crippen molar-refractivity contribution in [2.24, 2.45) is 5.92 Å². The van der Waals surface area contributed by atoms with E-state index in [9.17, 15) is 10.1 Å². The first kappa shape index (κ1) is 16.8. The number of nitriles is 1. The molecule has 0 atom stereocenters. The first-order valence-electron chi connectivity index (χ1n) is 8.28. The Labute approximate surface area is 146 Å². The number of benzene rings is 2. The molecule has 0 spiro atoms. The van der Waals surface area contributed by atoms with E-state index in [-0.39, 0.29) is 5.69 Å². The lowest BCUT2D eigenvalue weighted by Crippen LogP contribution is -2.35. The van der Waals surface area contributed by atoms with Gasteiger partial charge in [0.15, 0.2) is 0 Å². The van der Waals surface area contributed by atoms with Crippen LogP contribution in [0.5, 0.6) is 5.75 Å². The smallest absolute Gasteiger partial charge is 0.293 e. The Bertz CT molecular complexity index is 778. The van der Waals surface area contributed by atoms with Crippen molar-refractivity contribution in [1.29, 1.82) is 5.26 Å². The molecular formula is C19H19N3O3. The van der Waals surface area contributed by atoms with Crippen LogP contribution in [0.3, 0.4) is 0 Å². The van der Waals surface area contributed by atoms with Crippen molar-refractivity contribution in [2.45, 2.75) is 12.8 Å². The van der Waals surface area contributed by atoms with E-state index in [4.69, 9.17) is 10.00 Å². The van der Waals surface area contributed by atoms with Gasteiger partial charge in [0.25, 0.3) is 5.69 Å². The van der Waals surface area contributed by atoms with Crippen molar-refractivity contribution < 1.29 is 9.66 Å². The maximum atomic E-state index is 11.3. The standard InChI is InChI=1S/C19H19N3O3/c20-13-16-6-7-18(19(12-16)22(23)24)21-10-8-15(9-11-21)14-25-17-4-2-1-3-5-17/h1-7,12,15H,8-11,14H2. The molecular weight excluding hydrogens is 318 g/mol. The average molecular weight is 337 g/mol. The second-order valence-electron chi connectivity index (χ2n) is 6.13. The topological polar surface area (TPSA) is 79.4 Å². The molecule has 0 amide bonds. The summed E-state index contributed by atoms with van der Waals surface area (Å²) in [5.74, 6) is 1.31. The van der Waals surface area contributed by atoms with Crippen molar-refractivity contribution in [3.63, 3.8) is 0 Å². The Balaban J connectivity index is 1.61. The van der Waals surface area contributed by atoms with Gasteiger partial charge in [0.2, 0.25) is 0 Å². The zero-order chi connectivity index (χ0) is 17.6. The lowest BCUT2D eigenvalue weighted by atomic mass is 9.97. The van der Waals surface area contributed by atoms with Gasteiger partial charge in [-0.25, -0.2) is 0 Å². The summed E-state index contributed by atoms with van der Waals surface area (Å²) in [5.41, 5.74) is 0.895. The number of piperidine rings is 1. The zero-order valence-corrected chi connectivity index (χ0v) is 13.8. The van der Waals surface area contributed by atoms with E-state index >= 15 is 0 Å². The van der Waals surface area contributed by atoms with Gasteiger partial charge in [-0.05, 0) is 43.0 Å². The van der Waals surface area contributed by atoms with Gasteiger partial charge >= 0.3 is 0 Å². The SMILES string of the molecule is N#Cc1ccc(N2CCC(COc3ccccc3)CC2)c([N+](=O)[O-])c1. The molecule has 0 saturated carbocycles. The normalized spacial score (nSPS) is 14.8. The van der Waals surface area contributed by atoms with Crippen LogP contribution in [0.15, 0.2) is 48.5 Å². The van der Waals surface area contributed by atoms with E-state index in [1.807, 2.05) is 41.3 Å². The van der Waals surface area contributed by atoms with Gasteiger partial charge in [-0.15, -0.1) is 0 Å². The number of hydrogen-bond acceptors (Lipinski definition) is 5. The summed E-state index contributed by atoms with van der Waals surface area (Å²) in [6.07, 6.45) is 1.84. The minimum atomic E-state index is -0.416. The summed E-state index contributed by atoms with van der Waals surface area (Å²) < 4.78 is 5.82. The highest BCUT2D eigenvalue weighted by molar-refractivity contribution is 5.65. The van der Waals surface area contributed by atoms with Crippen LogP contribution in [0.1, 0.15) is 18.4 Å². The summed E-state index contributed by atoms with van der Waals surface area (Å²) in [6, 6.07) is 16.3. The van der Waals surface area contributed by atoms with Crippen LogP contribution in [0, 0.1) is 27.4 Å². The van der Waals surface area contributed by atoms with E-state index in [0.717, 1.165) is 31.7 Å². The van der Waals surface area contributed by atoms with Crippen LogP contribution in [0.25, 0.3) is 0 Å². The van der Waals surface area contributed by atoms with Crippen LogP contribution in [0.4, 0.5) is 11.4 Å². The summed E-state index contributed by atoms with van der Waals surface area (Å²) in [6.45, 7) is 2.15. The molecule has 0 radical (unpaired) electrons. The van der Waals surface area contributed by atoms with E-state index in [0.29, 0.717) is 23.8 Å². The molecule has 0 aromatic heterocycles. The number of rotatable bonds is 5. The molecule has 0 N–H and O–H groups in total. The third-order valence-corrected chi connectivity index (χ3v) is 4.49. The second kappa shape index (κ2) is 7.67. The quantitative estimate of drug-likeness (QED) is 0.613. The highest BCUT2D eigenvalue weighted by atomic mass is 16.6. The number of ether oxygens (including phenoxy) is 1. The van der Waals surface area contributed by atoms with Crippen LogP contribution >= 0.6 is 0 Å². The van der Waals surface area contributed by atoms with Gasteiger partial charge in [-0.3, -0.25) is 10.1 Å². The van der Waals surface area contributed by atoms with E-state index in [1.165, 1.54) is 6.07 Å². The largest absolute Gasteiger partial charge is 0.493 e. The van der Waals surface area contributed by atoms with E-state index < -0.39 is 4.92 Å². The third kappa shape index (κ3) is 4.07. The predicted octanol–water partition coefficient (Wildman–Crippen LogP) is 3.76. The molecule has 1 aliphatic rings. The summed E-state index contributed by atoms with van der Waals surface area (Å²) in [7, 11) is 0. The number of nitro benzene ring substituents is 1. The molecule has 1 aliphatic heterocycles. The van der Waals surface area contributed by atoms with Crippen LogP contribution < -0.4 is 9.64 Å². The first-order valence-corrected chi connectivity index (χ1v) is 8.28. The summed E-state index contributed by atoms with van der Waals surface area (Å²) in [4.78, 5) is 12.9. The monoisotopic (exact) mass is 337 g/mol. The van der Waals surface area contributed by atoms with Gasteiger partial charge in [0.05, 0.1) is 23.2 Å². The van der Waals surface area contributed by atoms with Gasteiger partial charge in [-0.2, -0.15) is 5.26 Å². The van der Waals surface area contributed by atoms with Gasteiger partial charge < -0.3 is 9.64 Å². The average Bonchev–Trinajstić information content (AvgIpc) is 2.67. The fourth-order valence-electron chi connectivity index (χ4n) is 3.08. The minimum Gasteiger partial charge on any atom is -0.493 e. The first-order chi connectivity index (χ1) is 12.2. The lowest BCUT2D eigenvalue weighted by Gasteiger charge is -2.33. The number of para-hydroxylation sites is 1. The van der Waals surface area contributed by atoms with Crippen molar-refractivity contribution >= 4 is 11.4 Å². The van der Waals surface area contributed by atoms with Gasteiger partial charge in [0, 0.05) is 19.2 Å². The van der Waals surface area contributed by atoms with Gasteiger partial charge in [0.1, 0.15) is 11.4 Å². The minimum absolute atomic E-state index is 0.00182. The molecule has 1 saturated heterocycles. The highest BCUT2D eigenvalue weighted by Gasteiger charge is 2.25. The maximum Gasteiger partial charge on any atom is 0.293 e. The van der Waals surface area contributed by atoms with E-state index in [1.54, 1.807) is 12.1 Å². The van der Waals surface area contributed by atoms with Crippen molar-refractivity contribution in [3.05, 3.63) is 64.2 Å². The summed E-state index contributed by atoms with van der Waals surface area (Å²) >= 11 is 0. The molecule has 128 valence electrons. The van der Waals surface area contributed by atoms with Crippen LogP contribution in [-0.2, 0) is 0 Å². The molecule has 25 heavy (non-hydrogen) atoms. The summed E-state index contributed by atoms with van der Waals surface area (Å²) in [5, 5.41) is 20.2. The van der Waals surface area contributed by atoms with Crippen molar-refractivity contribution in [1.82, 2.24) is 0 Å². The molecule has 6 heteroatoms. The Morgan fingerprint density at radius 1 is 1.20 bits per heavy atom. The molecule has 2 aromatic rings. The van der Waals surface area contributed by atoms with Crippen LogP contribution in [0.2, 0.25) is 0 Å². The fourth-order valence-corrected chi connectivity index (χ4v) is 3.08. The molecule has 1 fully saturated rings. The van der Waals surface area contributed by atoms with Crippen LogP contribution in [-0.4, -0.2) is 24.6 Å². The molecule has 3 rings (SSSR count). The molecule has 0 bridgehead atoms. The van der Waals surface area contributed by atoms with Crippen molar-refractivity contribution in [3.8, 4) is 11.8 Å². The highest BCUT2D eigenvalue weighted by Crippen LogP contribution is 2.32. The number of nitro groups is 1. The molecule has 1 heterocycles. The van der Waals surface area contributed by atoms with E-state index in [2.05, 4.69) is 0 Å². The molecule has 6 nitrogen and oxygen atoms in total. The zero-order valence-electron chi connectivity index (χ0n) is 13.8. The second-order valence-corrected chi connectivity index (χ2v) is 6.13. The van der Waals surface area contributed by atoms with Gasteiger partial charge in [-0.1, -0.05) is 18.2 Å². The molecule has 0 aliphatic carbocycles. The fraction of sp³-hybridized carbons (Fsp3) is 0.316. The number of hydrogen-bond donors (Lipinski definition) is 0. The number of anilines is 1. The lowest BCUT2D eigenvalue weighted by molar-refractivity contribution is -0.384. The Kier molecular flexibility index (Phi) is 5.14. The predicted molar refractivity (Wildman–Crippen MR) is 94.7 cm³/mol. The Hall–Kier alpha value is -3.07. The molecule has 0 unspecified atom stereocenters. The maximum absolute atomic E-state index is 11.3. The third-order valence-electron chi connectivity index (χ3n) is 4.49. The van der Waals surface area contributed by atoms with Crippen molar-refractivity contribution in [2.75, 3.05) is 24.6 Å². The number of nitrogens with zero attached hydrogens (tertiary/aromatic N) is 3. The Morgan fingerprint density at radius 3 is 2.56 bits per heavy atom. The Morgan fingerprint density at radius 2 is 1.92 bits per heavy atom. The molecule has 2 aromatic carbocycles.